The summed E-state index contributed by atoms with van der Waals surface area (Å²) in [6.45, 7) is 0. The predicted molar refractivity (Wildman–Crippen MR) is 82.4 cm³/mol. The predicted octanol–water partition coefficient (Wildman–Crippen LogP) is 1.53. The summed E-state index contributed by atoms with van der Waals surface area (Å²) >= 11 is 0. The summed E-state index contributed by atoms with van der Waals surface area (Å²) in [7, 11) is -4.41. The lowest BCUT2D eigenvalue weighted by Crippen LogP contribution is -2.31. The van der Waals surface area contributed by atoms with Gasteiger partial charge in [0.1, 0.15) is 5.82 Å². The summed E-state index contributed by atoms with van der Waals surface area (Å²) in [5.41, 5.74) is 0.0193. The van der Waals surface area contributed by atoms with Gasteiger partial charge in [-0.05, 0) is 36.4 Å². The van der Waals surface area contributed by atoms with Gasteiger partial charge in [0.15, 0.2) is 5.82 Å². The van der Waals surface area contributed by atoms with Gasteiger partial charge in [0.05, 0.1) is 5.56 Å². The van der Waals surface area contributed by atoms with Crippen LogP contribution < -0.4 is 4.72 Å². The van der Waals surface area contributed by atoms with E-state index < -0.39 is 26.8 Å². The quantitative estimate of drug-likeness (QED) is 0.773. The number of hydrogen-bond acceptors (Lipinski definition) is 5. The molecule has 3 aromatic heterocycles. The van der Waals surface area contributed by atoms with Crippen molar-refractivity contribution in [3.63, 3.8) is 0 Å². The van der Waals surface area contributed by atoms with Crippen LogP contribution in [0.4, 0.5) is 4.39 Å². The van der Waals surface area contributed by atoms with E-state index in [2.05, 4.69) is 9.97 Å². The standard InChI is InChI=1S/C15H11FN4O3S/c16-12-4-3-7-17-15(12)24(22,23)19-14(21)11-5-6-13(18-10-11)20-8-1-2-9-20/h1-10H,(H,19,21). The number of carbonyl (C=O) groups is 1. The second-order valence-electron chi connectivity index (χ2n) is 4.72. The van der Waals surface area contributed by atoms with Gasteiger partial charge in [0, 0.05) is 24.8 Å². The number of aromatic nitrogens is 3. The van der Waals surface area contributed by atoms with Crippen molar-refractivity contribution in [1.82, 2.24) is 19.3 Å². The lowest BCUT2D eigenvalue weighted by Gasteiger charge is -2.07. The first-order valence-corrected chi connectivity index (χ1v) is 8.23. The number of halogens is 1. The van der Waals surface area contributed by atoms with E-state index in [1.54, 1.807) is 27.7 Å². The fourth-order valence-corrected chi connectivity index (χ4v) is 2.94. The third-order valence-corrected chi connectivity index (χ3v) is 4.35. The minimum Gasteiger partial charge on any atom is -0.309 e. The average Bonchev–Trinajstić information content (AvgIpc) is 3.09. The first-order valence-electron chi connectivity index (χ1n) is 6.74. The maximum Gasteiger partial charge on any atom is 0.284 e. The first kappa shape index (κ1) is 15.8. The second kappa shape index (κ2) is 6.20. The molecule has 0 aliphatic rings. The number of pyridine rings is 2. The SMILES string of the molecule is O=C(NS(=O)(=O)c1ncccc1F)c1ccc(-n2cccc2)nc1. The molecule has 0 radical (unpaired) electrons. The monoisotopic (exact) mass is 346 g/mol. The number of amides is 1. The van der Waals surface area contributed by atoms with Gasteiger partial charge in [-0.1, -0.05) is 0 Å². The van der Waals surface area contributed by atoms with E-state index in [0.717, 1.165) is 12.3 Å². The normalized spacial score (nSPS) is 11.2. The third-order valence-electron chi connectivity index (χ3n) is 3.09. The summed E-state index contributed by atoms with van der Waals surface area (Å²) in [4.78, 5) is 19.6. The smallest absolute Gasteiger partial charge is 0.284 e. The highest BCUT2D eigenvalue weighted by atomic mass is 32.2. The number of rotatable bonds is 4. The van der Waals surface area contributed by atoms with Crippen molar-refractivity contribution in [3.8, 4) is 5.82 Å². The van der Waals surface area contributed by atoms with Crippen molar-refractivity contribution < 1.29 is 17.6 Å². The Balaban J connectivity index is 1.81. The molecule has 3 heterocycles. The minimum absolute atomic E-state index is 0.0193. The molecule has 122 valence electrons. The molecule has 0 spiro atoms. The molecule has 1 N–H and O–H groups in total. The molecule has 0 saturated carbocycles. The van der Waals surface area contributed by atoms with E-state index in [1.165, 1.54) is 18.3 Å². The number of sulfonamides is 1. The molecule has 0 bridgehead atoms. The molecule has 0 unspecified atom stereocenters. The van der Waals surface area contributed by atoms with Crippen molar-refractivity contribution in [2.24, 2.45) is 0 Å². The minimum atomic E-state index is -4.41. The van der Waals surface area contributed by atoms with E-state index in [1.807, 2.05) is 12.1 Å². The van der Waals surface area contributed by atoms with Gasteiger partial charge in [-0.2, -0.15) is 8.42 Å². The molecule has 0 atom stereocenters. The van der Waals surface area contributed by atoms with E-state index >= 15 is 0 Å². The molecular formula is C15H11FN4O3S. The van der Waals surface area contributed by atoms with Gasteiger partial charge in [-0.25, -0.2) is 19.1 Å². The lowest BCUT2D eigenvalue weighted by atomic mass is 10.3. The molecule has 0 fully saturated rings. The van der Waals surface area contributed by atoms with Crippen molar-refractivity contribution in [1.29, 1.82) is 0 Å². The fraction of sp³-hybridized carbons (Fsp3) is 0. The molecule has 9 heteroatoms. The Morgan fingerprint density at radius 3 is 2.46 bits per heavy atom. The molecule has 7 nitrogen and oxygen atoms in total. The van der Waals surface area contributed by atoms with Crippen LogP contribution in [0.1, 0.15) is 10.4 Å². The van der Waals surface area contributed by atoms with Gasteiger partial charge in [-0.3, -0.25) is 4.79 Å². The Hall–Kier alpha value is -3.07. The van der Waals surface area contributed by atoms with Crippen LogP contribution >= 0.6 is 0 Å². The maximum atomic E-state index is 13.5. The highest BCUT2D eigenvalue weighted by Crippen LogP contribution is 2.11. The molecule has 3 aromatic rings. The van der Waals surface area contributed by atoms with Crippen LogP contribution in [0, 0.1) is 5.82 Å². The molecule has 3 rings (SSSR count). The Labute approximate surface area is 136 Å². The lowest BCUT2D eigenvalue weighted by molar-refractivity contribution is 0.0981. The highest BCUT2D eigenvalue weighted by molar-refractivity contribution is 7.90. The van der Waals surface area contributed by atoms with Gasteiger partial charge in [0.2, 0.25) is 5.03 Å². The van der Waals surface area contributed by atoms with Crippen molar-refractivity contribution in [3.05, 3.63) is 72.6 Å². The summed E-state index contributed by atoms with van der Waals surface area (Å²) < 4.78 is 41.1. The van der Waals surface area contributed by atoms with Crippen molar-refractivity contribution in [2.45, 2.75) is 5.03 Å². The van der Waals surface area contributed by atoms with Crippen LogP contribution in [0.3, 0.4) is 0 Å². The number of carbonyl (C=O) groups excluding carboxylic acids is 1. The Morgan fingerprint density at radius 1 is 1.08 bits per heavy atom. The number of hydrogen-bond donors (Lipinski definition) is 1. The molecule has 0 aliphatic heterocycles. The highest BCUT2D eigenvalue weighted by Gasteiger charge is 2.23. The molecule has 0 aliphatic carbocycles. The van der Waals surface area contributed by atoms with Gasteiger partial charge < -0.3 is 4.57 Å². The topological polar surface area (TPSA) is 94.0 Å². The van der Waals surface area contributed by atoms with Gasteiger partial charge in [0.25, 0.3) is 15.9 Å². The average molecular weight is 346 g/mol. The summed E-state index contributed by atoms with van der Waals surface area (Å²) in [6, 6.07) is 8.80. The summed E-state index contributed by atoms with van der Waals surface area (Å²) in [5, 5.41) is -0.838. The summed E-state index contributed by atoms with van der Waals surface area (Å²) in [5.74, 6) is -1.40. The fourth-order valence-electron chi connectivity index (χ4n) is 1.96. The van der Waals surface area contributed by atoms with Gasteiger partial charge >= 0.3 is 0 Å². The Bertz CT molecular complexity index is 970. The van der Waals surface area contributed by atoms with Crippen molar-refractivity contribution in [2.75, 3.05) is 0 Å². The van der Waals surface area contributed by atoms with Gasteiger partial charge in [-0.15, -0.1) is 0 Å². The third kappa shape index (κ3) is 3.15. The molecule has 0 saturated heterocycles. The zero-order valence-electron chi connectivity index (χ0n) is 12.1. The first-order chi connectivity index (χ1) is 11.5. The Kier molecular flexibility index (Phi) is 4.09. The van der Waals surface area contributed by atoms with E-state index in [4.69, 9.17) is 0 Å². The zero-order valence-corrected chi connectivity index (χ0v) is 12.9. The van der Waals surface area contributed by atoms with Crippen LogP contribution in [0.15, 0.2) is 66.2 Å². The largest absolute Gasteiger partial charge is 0.309 e. The maximum absolute atomic E-state index is 13.5. The number of nitrogens with one attached hydrogen (secondary N) is 1. The molecule has 0 aromatic carbocycles. The van der Waals surface area contributed by atoms with E-state index in [0.29, 0.717) is 5.82 Å². The molecule has 1 amide bonds. The molecular weight excluding hydrogens is 335 g/mol. The van der Waals surface area contributed by atoms with Crippen LogP contribution in [0.25, 0.3) is 5.82 Å². The van der Waals surface area contributed by atoms with E-state index in [-0.39, 0.29) is 5.56 Å². The van der Waals surface area contributed by atoms with Crippen molar-refractivity contribution >= 4 is 15.9 Å². The van der Waals surface area contributed by atoms with Crippen LogP contribution in [-0.4, -0.2) is 28.9 Å². The molecule has 24 heavy (non-hydrogen) atoms. The van der Waals surface area contributed by atoms with E-state index in [9.17, 15) is 17.6 Å². The second-order valence-corrected chi connectivity index (χ2v) is 6.32. The van der Waals surface area contributed by atoms with Crippen LogP contribution in [0.5, 0.6) is 0 Å². The number of nitrogens with zero attached hydrogens (tertiary/aromatic N) is 3. The van der Waals surface area contributed by atoms with Crippen LogP contribution in [-0.2, 0) is 10.0 Å². The summed E-state index contributed by atoms with van der Waals surface area (Å²) in [6.07, 6.45) is 5.90. The van der Waals surface area contributed by atoms with Crippen LogP contribution in [0.2, 0.25) is 0 Å². The Morgan fingerprint density at radius 2 is 1.83 bits per heavy atom. The zero-order chi connectivity index (χ0) is 17.2.